The minimum atomic E-state index is -0.359. The third-order valence-corrected chi connectivity index (χ3v) is 3.28. The fourth-order valence-corrected chi connectivity index (χ4v) is 2.06. The standard InChI is InChI=1S/C18H21N3O4/c1-3-25-18(23)13-4-6-15(7-5-13)21-16-12-14(8-9-19-16)17(22)20-10-11-24-2/h4-9,12H,3,10-11H2,1-2H3,(H,19,21)(H,20,22). The lowest BCUT2D eigenvalue weighted by Gasteiger charge is -2.09. The van der Waals surface area contributed by atoms with Crippen molar-refractivity contribution in [2.24, 2.45) is 0 Å². The molecule has 0 spiro atoms. The Kier molecular flexibility index (Phi) is 6.91. The predicted octanol–water partition coefficient (Wildman–Crippen LogP) is 2.38. The third-order valence-electron chi connectivity index (χ3n) is 3.28. The number of methoxy groups -OCH3 is 1. The van der Waals surface area contributed by atoms with Gasteiger partial charge >= 0.3 is 5.97 Å². The second-order valence-electron chi connectivity index (χ2n) is 5.10. The molecule has 7 heteroatoms. The summed E-state index contributed by atoms with van der Waals surface area (Å²) in [5, 5.41) is 5.85. The minimum absolute atomic E-state index is 0.194. The summed E-state index contributed by atoms with van der Waals surface area (Å²) in [7, 11) is 1.58. The molecule has 132 valence electrons. The molecular formula is C18H21N3O4. The van der Waals surface area contributed by atoms with E-state index in [0.29, 0.717) is 36.7 Å². The van der Waals surface area contributed by atoms with Gasteiger partial charge in [0.25, 0.3) is 5.91 Å². The van der Waals surface area contributed by atoms with Gasteiger partial charge in [-0.2, -0.15) is 0 Å². The van der Waals surface area contributed by atoms with Crippen LogP contribution in [0.1, 0.15) is 27.6 Å². The number of hydrogen-bond acceptors (Lipinski definition) is 6. The monoisotopic (exact) mass is 343 g/mol. The maximum Gasteiger partial charge on any atom is 0.338 e. The molecule has 0 aliphatic rings. The first-order valence-electron chi connectivity index (χ1n) is 7.91. The van der Waals surface area contributed by atoms with E-state index in [9.17, 15) is 9.59 Å². The summed E-state index contributed by atoms with van der Waals surface area (Å²) in [6.07, 6.45) is 1.56. The summed E-state index contributed by atoms with van der Waals surface area (Å²) in [5.41, 5.74) is 1.72. The van der Waals surface area contributed by atoms with Crippen molar-refractivity contribution in [3.63, 3.8) is 0 Å². The number of rotatable bonds is 8. The summed E-state index contributed by atoms with van der Waals surface area (Å²) in [4.78, 5) is 27.9. The van der Waals surface area contributed by atoms with Crippen LogP contribution in [-0.4, -0.2) is 43.7 Å². The number of carbonyl (C=O) groups is 2. The lowest BCUT2D eigenvalue weighted by molar-refractivity contribution is 0.0526. The normalized spacial score (nSPS) is 10.2. The molecule has 0 bridgehead atoms. The average Bonchev–Trinajstić information content (AvgIpc) is 2.63. The van der Waals surface area contributed by atoms with E-state index in [0.717, 1.165) is 5.69 Å². The number of ether oxygens (including phenoxy) is 2. The Morgan fingerprint density at radius 2 is 1.88 bits per heavy atom. The summed E-state index contributed by atoms with van der Waals surface area (Å²) < 4.78 is 9.84. The molecule has 25 heavy (non-hydrogen) atoms. The van der Waals surface area contributed by atoms with Crippen LogP contribution in [0.3, 0.4) is 0 Å². The number of pyridine rings is 1. The Bertz CT molecular complexity index is 717. The van der Waals surface area contributed by atoms with Gasteiger partial charge in [0.05, 0.1) is 18.8 Å². The van der Waals surface area contributed by atoms with Gasteiger partial charge in [-0.15, -0.1) is 0 Å². The van der Waals surface area contributed by atoms with Crippen molar-refractivity contribution in [2.75, 3.05) is 32.2 Å². The molecule has 1 aromatic heterocycles. The van der Waals surface area contributed by atoms with Crippen LogP contribution in [0.25, 0.3) is 0 Å². The van der Waals surface area contributed by atoms with Crippen LogP contribution in [0, 0.1) is 0 Å². The molecule has 2 rings (SSSR count). The molecular weight excluding hydrogens is 322 g/mol. The molecule has 1 amide bonds. The molecule has 1 aromatic carbocycles. The lowest BCUT2D eigenvalue weighted by Crippen LogP contribution is -2.26. The molecule has 0 fully saturated rings. The van der Waals surface area contributed by atoms with E-state index < -0.39 is 0 Å². The zero-order valence-electron chi connectivity index (χ0n) is 14.2. The largest absolute Gasteiger partial charge is 0.462 e. The number of aromatic nitrogens is 1. The average molecular weight is 343 g/mol. The molecule has 7 nitrogen and oxygen atoms in total. The number of esters is 1. The van der Waals surface area contributed by atoms with Crippen LogP contribution < -0.4 is 10.6 Å². The SMILES string of the molecule is CCOC(=O)c1ccc(Nc2cc(C(=O)NCCOC)ccn2)cc1. The Labute approximate surface area is 146 Å². The smallest absolute Gasteiger partial charge is 0.338 e. The highest BCUT2D eigenvalue weighted by Crippen LogP contribution is 2.16. The van der Waals surface area contributed by atoms with Crippen LogP contribution in [0.5, 0.6) is 0 Å². The summed E-state index contributed by atoms with van der Waals surface area (Å²) in [5.74, 6) is -0.0228. The fraction of sp³-hybridized carbons (Fsp3) is 0.278. The highest BCUT2D eigenvalue weighted by Gasteiger charge is 2.08. The molecule has 0 radical (unpaired) electrons. The van der Waals surface area contributed by atoms with E-state index in [2.05, 4.69) is 15.6 Å². The van der Waals surface area contributed by atoms with Crippen molar-refractivity contribution in [1.82, 2.24) is 10.3 Å². The Balaban J connectivity index is 2.01. The van der Waals surface area contributed by atoms with E-state index in [1.807, 2.05) is 0 Å². The lowest BCUT2D eigenvalue weighted by atomic mass is 10.2. The van der Waals surface area contributed by atoms with Crippen molar-refractivity contribution in [1.29, 1.82) is 0 Å². The topological polar surface area (TPSA) is 89.5 Å². The summed E-state index contributed by atoms with van der Waals surface area (Å²) >= 11 is 0. The fourth-order valence-electron chi connectivity index (χ4n) is 2.06. The summed E-state index contributed by atoms with van der Waals surface area (Å²) in [6, 6.07) is 10.1. The van der Waals surface area contributed by atoms with Gasteiger partial charge in [0.15, 0.2) is 0 Å². The van der Waals surface area contributed by atoms with E-state index in [-0.39, 0.29) is 11.9 Å². The molecule has 0 aliphatic carbocycles. The van der Waals surface area contributed by atoms with Crippen molar-refractivity contribution in [3.8, 4) is 0 Å². The molecule has 0 saturated heterocycles. The van der Waals surface area contributed by atoms with Crippen molar-refractivity contribution < 1.29 is 19.1 Å². The van der Waals surface area contributed by atoms with Crippen LogP contribution in [-0.2, 0) is 9.47 Å². The number of nitrogens with zero attached hydrogens (tertiary/aromatic N) is 1. The molecule has 0 saturated carbocycles. The van der Waals surface area contributed by atoms with Gasteiger partial charge in [0, 0.05) is 31.1 Å². The zero-order chi connectivity index (χ0) is 18.1. The number of benzene rings is 1. The number of anilines is 2. The number of amides is 1. The highest BCUT2D eigenvalue weighted by atomic mass is 16.5. The molecule has 1 heterocycles. The molecule has 0 aliphatic heterocycles. The van der Waals surface area contributed by atoms with E-state index in [1.54, 1.807) is 56.6 Å². The molecule has 0 atom stereocenters. The predicted molar refractivity (Wildman–Crippen MR) is 94.1 cm³/mol. The van der Waals surface area contributed by atoms with E-state index in [4.69, 9.17) is 9.47 Å². The van der Waals surface area contributed by atoms with Crippen LogP contribution in [0.4, 0.5) is 11.5 Å². The Hall–Kier alpha value is -2.93. The number of carbonyl (C=O) groups excluding carboxylic acids is 2. The molecule has 0 unspecified atom stereocenters. The zero-order valence-corrected chi connectivity index (χ0v) is 14.2. The Morgan fingerprint density at radius 1 is 1.12 bits per heavy atom. The maximum atomic E-state index is 12.0. The van der Waals surface area contributed by atoms with Gasteiger partial charge < -0.3 is 20.1 Å². The first-order valence-corrected chi connectivity index (χ1v) is 7.91. The van der Waals surface area contributed by atoms with Gasteiger partial charge in [-0.1, -0.05) is 0 Å². The van der Waals surface area contributed by atoms with Crippen LogP contribution in [0.2, 0.25) is 0 Å². The number of nitrogens with one attached hydrogen (secondary N) is 2. The van der Waals surface area contributed by atoms with Gasteiger partial charge in [-0.3, -0.25) is 4.79 Å². The first kappa shape index (κ1) is 18.4. The maximum absolute atomic E-state index is 12.0. The van der Waals surface area contributed by atoms with Gasteiger partial charge in [-0.25, -0.2) is 9.78 Å². The van der Waals surface area contributed by atoms with Crippen LogP contribution >= 0.6 is 0 Å². The van der Waals surface area contributed by atoms with Gasteiger partial charge in [0.2, 0.25) is 0 Å². The summed E-state index contributed by atoms with van der Waals surface area (Å²) in [6.45, 7) is 2.99. The number of hydrogen-bond donors (Lipinski definition) is 2. The second-order valence-corrected chi connectivity index (χ2v) is 5.10. The van der Waals surface area contributed by atoms with Gasteiger partial charge in [0.1, 0.15) is 5.82 Å². The van der Waals surface area contributed by atoms with Crippen LogP contribution in [0.15, 0.2) is 42.6 Å². The van der Waals surface area contributed by atoms with Gasteiger partial charge in [-0.05, 0) is 43.3 Å². The molecule has 2 N–H and O–H groups in total. The van der Waals surface area contributed by atoms with E-state index >= 15 is 0 Å². The van der Waals surface area contributed by atoms with E-state index in [1.165, 1.54) is 0 Å². The second kappa shape index (κ2) is 9.39. The van der Waals surface area contributed by atoms with Crippen molar-refractivity contribution >= 4 is 23.4 Å². The quantitative estimate of drug-likeness (QED) is 0.565. The first-order chi connectivity index (χ1) is 12.1. The third kappa shape index (κ3) is 5.58. The van der Waals surface area contributed by atoms with Crippen molar-refractivity contribution in [3.05, 3.63) is 53.7 Å². The van der Waals surface area contributed by atoms with Crippen molar-refractivity contribution in [2.45, 2.75) is 6.92 Å². The minimum Gasteiger partial charge on any atom is -0.462 e. The highest BCUT2D eigenvalue weighted by molar-refractivity contribution is 5.95. The molecule has 2 aromatic rings. The Morgan fingerprint density at radius 3 is 2.56 bits per heavy atom.